The van der Waals surface area contributed by atoms with E-state index in [0.29, 0.717) is 5.02 Å². The highest BCUT2D eigenvalue weighted by Gasteiger charge is 2.05. The second-order valence-electron chi connectivity index (χ2n) is 5.60. The Balaban J connectivity index is 1.62. The van der Waals surface area contributed by atoms with Gasteiger partial charge in [0.15, 0.2) is 18.9 Å². The van der Waals surface area contributed by atoms with Crippen LogP contribution in [0, 0.1) is 0 Å². The minimum atomic E-state index is 0.698. The molecule has 0 aliphatic carbocycles. The smallest absolute Gasteiger partial charge is 0.196 e. The normalized spacial score (nSPS) is 11.4. The molecule has 1 aromatic carbocycles. The number of azo groups is 1. The molecule has 2 heterocycles. The van der Waals surface area contributed by atoms with Crippen molar-refractivity contribution in [2.24, 2.45) is 10.2 Å². The highest BCUT2D eigenvalue weighted by molar-refractivity contribution is 6.30. The van der Waals surface area contributed by atoms with Gasteiger partial charge in [-0.3, -0.25) is 9.36 Å². The minimum absolute atomic E-state index is 0.698. The van der Waals surface area contributed by atoms with Gasteiger partial charge in [-0.1, -0.05) is 18.5 Å². The summed E-state index contributed by atoms with van der Waals surface area (Å²) in [5.41, 5.74) is 1.62. The molecule has 3 rings (SSSR count). The Labute approximate surface area is 146 Å². The molecule has 124 valence electrons. The van der Waals surface area contributed by atoms with Gasteiger partial charge in [0, 0.05) is 30.0 Å². The van der Waals surface area contributed by atoms with Crippen LogP contribution in [0.1, 0.15) is 13.3 Å². The third kappa shape index (κ3) is 4.32. The number of rotatable bonds is 7. The molecular formula is C18H21ClN5+. The molecule has 0 bridgehead atoms. The van der Waals surface area contributed by atoms with Crippen LogP contribution >= 0.6 is 11.6 Å². The molecule has 0 atom stereocenters. The third-order valence-electron chi connectivity index (χ3n) is 3.73. The van der Waals surface area contributed by atoms with Gasteiger partial charge in [0.25, 0.3) is 0 Å². The van der Waals surface area contributed by atoms with Crippen molar-refractivity contribution in [2.75, 3.05) is 0 Å². The summed E-state index contributed by atoms with van der Waals surface area (Å²) in [7, 11) is 0. The lowest BCUT2D eigenvalue weighted by molar-refractivity contribution is -0.697. The second-order valence-corrected chi connectivity index (χ2v) is 6.04. The first-order valence-electron chi connectivity index (χ1n) is 8.12. The van der Waals surface area contributed by atoms with Gasteiger partial charge < -0.3 is 0 Å². The van der Waals surface area contributed by atoms with Gasteiger partial charge >= 0.3 is 0 Å². The van der Waals surface area contributed by atoms with Gasteiger partial charge in [-0.15, -0.1) is 5.11 Å². The Morgan fingerprint density at radius 2 is 1.67 bits per heavy atom. The van der Waals surface area contributed by atoms with Crippen molar-refractivity contribution in [3.05, 3.63) is 66.2 Å². The molecule has 0 aliphatic rings. The molecule has 24 heavy (non-hydrogen) atoms. The second kappa shape index (κ2) is 7.93. The summed E-state index contributed by atoms with van der Waals surface area (Å²) in [4.78, 5) is 0. The Morgan fingerprint density at radius 3 is 2.38 bits per heavy atom. The Morgan fingerprint density at radius 1 is 0.958 bits per heavy atom. The van der Waals surface area contributed by atoms with Crippen LogP contribution in [-0.2, 0) is 19.6 Å². The molecule has 6 heteroatoms. The number of hydrogen-bond acceptors (Lipinski definition) is 2. The molecule has 5 nitrogen and oxygen atoms in total. The average Bonchev–Trinajstić information content (AvgIpc) is 2.59. The molecule has 0 spiro atoms. The molecule has 0 saturated carbocycles. The van der Waals surface area contributed by atoms with Crippen LogP contribution in [-0.4, -0.2) is 9.36 Å². The standard InChI is InChI=1S/C18H21ClN5/c1-2-9-23-13-14-24(23)12-11-22-10-3-4-18(15-22)21-20-17-7-5-16(19)6-8-17/h3-8,10,13-15H,2,9,11-12H2,1H3/q+1. The number of halogens is 1. The van der Waals surface area contributed by atoms with E-state index in [0.717, 1.165) is 37.4 Å². The molecule has 3 aromatic rings. The van der Waals surface area contributed by atoms with E-state index in [4.69, 9.17) is 11.6 Å². The van der Waals surface area contributed by atoms with Gasteiger partial charge in [0.1, 0.15) is 5.69 Å². The van der Waals surface area contributed by atoms with E-state index in [1.807, 2.05) is 42.6 Å². The highest BCUT2D eigenvalue weighted by atomic mass is 35.5. The molecule has 2 aromatic heterocycles. The van der Waals surface area contributed by atoms with E-state index in [1.54, 1.807) is 0 Å². The lowest BCUT2D eigenvalue weighted by Gasteiger charge is -2.19. The van der Waals surface area contributed by atoms with E-state index in [-0.39, 0.29) is 0 Å². The summed E-state index contributed by atoms with van der Waals surface area (Å²) in [5, 5.41) is 9.23. The van der Waals surface area contributed by atoms with Crippen LogP contribution in [0.15, 0.2) is 71.4 Å². The number of benzene rings is 1. The van der Waals surface area contributed by atoms with Crippen LogP contribution in [0.2, 0.25) is 5.02 Å². The van der Waals surface area contributed by atoms with Crippen molar-refractivity contribution < 1.29 is 4.57 Å². The number of hydrogen-bond donors (Lipinski definition) is 0. The van der Waals surface area contributed by atoms with Gasteiger partial charge in [-0.05, 0) is 36.8 Å². The lowest BCUT2D eigenvalue weighted by atomic mass is 10.3. The maximum absolute atomic E-state index is 5.87. The summed E-state index contributed by atoms with van der Waals surface area (Å²) >= 11 is 5.87. The summed E-state index contributed by atoms with van der Waals surface area (Å²) in [6, 6.07) is 11.3. The summed E-state index contributed by atoms with van der Waals surface area (Å²) in [6.45, 7) is 5.10. The van der Waals surface area contributed by atoms with E-state index in [1.165, 1.54) is 0 Å². The van der Waals surface area contributed by atoms with Gasteiger partial charge in [0.2, 0.25) is 0 Å². The molecule has 0 unspecified atom stereocenters. The van der Waals surface area contributed by atoms with Crippen molar-refractivity contribution in [3.8, 4) is 0 Å². The van der Waals surface area contributed by atoms with Crippen LogP contribution < -0.4 is 4.57 Å². The first-order valence-corrected chi connectivity index (χ1v) is 8.50. The van der Waals surface area contributed by atoms with E-state index in [2.05, 4.69) is 49.7 Å². The highest BCUT2D eigenvalue weighted by Crippen LogP contribution is 2.19. The Bertz CT molecular complexity index is 801. The third-order valence-corrected chi connectivity index (χ3v) is 3.98. The van der Waals surface area contributed by atoms with Crippen LogP contribution in [0.4, 0.5) is 11.4 Å². The number of nitrogens with zero attached hydrogens (tertiary/aromatic N) is 5. The average molecular weight is 343 g/mol. The van der Waals surface area contributed by atoms with Gasteiger partial charge in [-0.2, -0.15) is 5.11 Å². The minimum Gasteiger partial charge on any atom is -0.291 e. The molecule has 0 N–H and O–H groups in total. The first kappa shape index (κ1) is 16.5. The van der Waals surface area contributed by atoms with Gasteiger partial charge in [-0.25, -0.2) is 4.57 Å². The number of aromatic nitrogens is 3. The summed E-state index contributed by atoms with van der Waals surface area (Å²) < 4.78 is 6.61. The monoisotopic (exact) mass is 342 g/mol. The fourth-order valence-electron chi connectivity index (χ4n) is 2.44. The zero-order valence-electron chi connectivity index (χ0n) is 13.7. The predicted octanol–water partition coefficient (Wildman–Crippen LogP) is 4.76. The molecule has 0 fully saturated rings. The predicted molar refractivity (Wildman–Crippen MR) is 95.0 cm³/mol. The summed E-state index contributed by atoms with van der Waals surface area (Å²) in [5.74, 6) is 0. The van der Waals surface area contributed by atoms with E-state index < -0.39 is 0 Å². The first-order chi connectivity index (χ1) is 11.7. The van der Waals surface area contributed by atoms with Crippen molar-refractivity contribution in [2.45, 2.75) is 33.0 Å². The quantitative estimate of drug-likeness (QED) is 0.439. The molecule has 0 aliphatic heterocycles. The number of aryl methyl sites for hydroxylation is 3. The fraction of sp³-hybridized carbons (Fsp3) is 0.278. The zero-order valence-corrected chi connectivity index (χ0v) is 14.5. The van der Waals surface area contributed by atoms with Crippen molar-refractivity contribution in [1.82, 2.24) is 9.36 Å². The molecule has 0 saturated heterocycles. The van der Waals surface area contributed by atoms with Crippen LogP contribution in [0.3, 0.4) is 0 Å². The Kier molecular flexibility index (Phi) is 5.43. The molecule has 0 amide bonds. The maximum Gasteiger partial charge on any atom is 0.196 e. The zero-order chi connectivity index (χ0) is 16.8. The van der Waals surface area contributed by atoms with Crippen molar-refractivity contribution in [1.29, 1.82) is 0 Å². The maximum atomic E-state index is 5.87. The molecule has 0 radical (unpaired) electrons. The SMILES string of the molecule is CCCn1ccn1CC[n+]1cccc(N=Nc2ccc(Cl)cc2)c1. The largest absolute Gasteiger partial charge is 0.291 e. The number of pyridine rings is 1. The van der Waals surface area contributed by atoms with Gasteiger partial charge in [0.05, 0.1) is 12.2 Å². The van der Waals surface area contributed by atoms with Crippen LogP contribution in [0.25, 0.3) is 0 Å². The Hall–Kier alpha value is -2.40. The van der Waals surface area contributed by atoms with Crippen molar-refractivity contribution >= 4 is 23.0 Å². The lowest BCUT2D eigenvalue weighted by Crippen LogP contribution is -2.36. The van der Waals surface area contributed by atoms with E-state index in [9.17, 15) is 0 Å². The molecular weight excluding hydrogens is 322 g/mol. The fourth-order valence-corrected chi connectivity index (χ4v) is 2.56. The van der Waals surface area contributed by atoms with E-state index >= 15 is 0 Å². The summed E-state index contributed by atoms with van der Waals surface area (Å²) in [6.07, 6.45) is 9.43. The van der Waals surface area contributed by atoms with Crippen LogP contribution in [0.5, 0.6) is 0 Å². The van der Waals surface area contributed by atoms with Crippen molar-refractivity contribution in [3.63, 3.8) is 0 Å². The topological polar surface area (TPSA) is 38.5 Å².